The van der Waals surface area contributed by atoms with Crippen LogP contribution in [0.2, 0.25) is 0 Å². The Morgan fingerprint density at radius 3 is 2.45 bits per heavy atom. The van der Waals surface area contributed by atoms with Crippen LogP contribution >= 0.6 is 11.3 Å². The Labute approximate surface area is 225 Å². The third-order valence-electron chi connectivity index (χ3n) is 6.40. The van der Waals surface area contributed by atoms with Crippen molar-refractivity contribution >= 4 is 39.9 Å². The van der Waals surface area contributed by atoms with E-state index in [1.54, 1.807) is 25.1 Å². The van der Waals surface area contributed by atoms with Crippen LogP contribution in [-0.4, -0.2) is 41.5 Å². The van der Waals surface area contributed by atoms with E-state index in [4.69, 9.17) is 9.47 Å². The van der Waals surface area contributed by atoms with E-state index < -0.39 is 23.7 Å². The van der Waals surface area contributed by atoms with Gasteiger partial charge in [0.1, 0.15) is 16.4 Å². The van der Waals surface area contributed by atoms with Crippen LogP contribution in [0.15, 0.2) is 48.0 Å². The van der Waals surface area contributed by atoms with Crippen molar-refractivity contribution in [3.63, 3.8) is 0 Å². The fourth-order valence-electron chi connectivity index (χ4n) is 4.30. The summed E-state index contributed by atoms with van der Waals surface area (Å²) in [5, 5.41) is 11.6. The van der Waals surface area contributed by atoms with Crippen molar-refractivity contribution in [3.8, 4) is 5.75 Å². The van der Waals surface area contributed by atoms with Crippen LogP contribution in [-0.2, 0) is 14.3 Å². The van der Waals surface area contributed by atoms with Gasteiger partial charge >= 0.3 is 11.9 Å². The number of amides is 1. The van der Waals surface area contributed by atoms with Gasteiger partial charge in [0.2, 0.25) is 0 Å². The van der Waals surface area contributed by atoms with E-state index in [1.807, 2.05) is 38.1 Å². The molecule has 1 aliphatic heterocycles. The van der Waals surface area contributed by atoms with Crippen molar-refractivity contribution < 1.29 is 29.0 Å². The molecule has 0 aliphatic carbocycles. The van der Waals surface area contributed by atoms with Crippen LogP contribution < -0.4 is 9.64 Å². The average Bonchev–Trinajstić information content (AvgIpc) is 3.41. The Bertz CT molecular complexity index is 1420. The van der Waals surface area contributed by atoms with Gasteiger partial charge in [-0.25, -0.2) is 9.78 Å². The zero-order valence-electron chi connectivity index (χ0n) is 22.0. The van der Waals surface area contributed by atoms with Crippen molar-refractivity contribution in [2.24, 2.45) is 0 Å². The van der Waals surface area contributed by atoms with E-state index in [-0.39, 0.29) is 21.3 Å². The van der Waals surface area contributed by atoms with Crippen molar-refractivity contribution in [1.82, 2.24) is 4.98 Å². The minimum atomic E-state index is -0.938. The lowest BCUT2D eigenvalue weighted by molar-refractivity contribution is -0.132. The summed E-state index contributed by atoms with van der Waals surface area (Å²) in [5.74, 6) is -1.84. The molecule has 1 N–H and O–H groups in total. The molecule has 1 unspecified atom stereocenters. The monoisotopic (exact) mass is 534 g/mol. The van der Waals surface area contributed by atoms with E-state index in [0.717, 1.165) is 35.3 Å². The van der Waals surface area contributed by atoms with Gasteiger partial charge in [-0.2, -0.15) is 0 Å². The molecule has 0 saturated carbocycles. The van der Waals surface area contributed by atoms with Gasteiger partial charge in [-0.15, -0.1) is 0 Å². The first-order valence-corrected chi connectivity index (χ1v) is 13.2. The number of esters is 1. The predicted octanol–water partition coefficient (Wildman–Crippen LogP) is 5.66. The minimum absolute atomic E-state index is 0.0506. The SMILES string of the molecule is CCCCOc1ccc(/C(O)=C2\C(=O)C(=O)N(c3nc(C)c(C(=O)OC)s3)C2c2ccc(C)cc2)cc1C. The van der Waals surface area contributed by atoms with Gasteiger partial charge in [0, 0.05) is 5.56 Å². The molecule has 1 saturated heterocycles. The fourth-order valence-corrected chi connectivity index (χ4v) is 5.31. The van der Waals surface area contributed by atoms with E-state index in [9.17, 15) is 19.5 Å². The topological polar surface area (TPSA) is 106 Å². The van der Waals surface area contributed by atoms with Gasteiger partial charge in [-0.3, -0.25) is 14.5 Å². The number of carbonyl (C=O) groups is 3. The first-order chi connectivity index (χ1) is 18.2. The Hall–Kier alpha value is -3.98. The molecule has 1 aromatic heterocycles. The third kappa shape index (κ3) is 5.06. The summed E-state index contributed by atoms with van der Waals surface area (Å²) in [4.78, 5) is 44.9. The molecule has 1 atom stereocenters. The van der Waals surface area contributed by atoms with Crippen LogP contribution in [0.3, 0.4) is 0 Å². The second-order valence-electron chi connectivity index (χ2n) is 9.16. The van der Waals surface area contributed by atoms with Crippen LogP contribution in [0.25, 0.3) is 5.76 Å². The van der Waals surface area contributed by atoms with Crippen LogP contribution in [0.5, 0.6) is 5.75 Å². The molecule has 9 heteroatoms. The molecule has 0 bridgehead atoms. The third-order valence-corrected chi connectivity index (χ3v) is 7.54. The number of unbranched alkanes of at least 4 members (excludes halogenated alkanes) is 1. The molecule has 4 rings (SSSR count). The molecule has 8 nitrogen and oxygen atoms in total. The summed E-state index contributed by atoms with van der Waals surface area (Å²) >= 11 is 0.967. The maximum absolute atomic E-state index is 13.4. The first-order valence-electron chi connectivity index (χ1n) is 12.3. The normalized spacial score (nSPS) is 16.7. The number of aromatic nitrogens is 1. The number of rotatable bonds is 8. The number of aryl methyl sites for hydroxylation is 3. The molecule has 2 aromatic carbocycles. The number of anilines is 1. The lowest BCUT2D eigenvalue weighted by Gasteiger charge is -2.23. The summed E-state index contributed by atoms with van der Waals surface area (Å²) < 4.78 is 10.7. The smallest absolute Gasteiger partial charge is 0.350 e. The number of benzene rings is 2. The van der Waals surface area contributed by atoms with Gasteiger partial charge < -0.3 is 14.6 Å². The number of Topliss-reactive ketones (excluding diaryl/α,β-unsaturated/α-hetero) is 1. The molecule has 3 aromatic rings. The Morgan fingerprint density at radius 2 is 1.82 bits per heavy atom. The molecule has 38 heavy (non-hydrogen) atoms. The van der Waals surface area contributed by atoms with Crippen molar-refractivity contribution in [2.75, 3.05) is 18.6 Å². The highest BCUT2D eigenvalue weighted by Crippen LogP contribution is 2.44. The molecular weight excluding hydrogens is 504 g/mol. The van der Waals surface area contributed by atoms with Crippen LogP contribution in [0.1, 0.15) is 63.4 Å². The second-order valence-corrected chi connectivity index (χ2v) is 10.1. The highest BCUT2D eigenvalue weighted by Gasteiger charge is 2.48. The summed E-state index contributed by atoms with van der Waals surface area (Å²) in [6.07, 6.45) is 1.94. The summed E-state index contributed by atoms with van der Waals surface area (Å²) in [6, 6.07) is 11.6. The molecule has 2 heterocycles. The number of hydrogen-bond donors (Lipinski definition) is 1. The zero-order valence-corrected chi connectivity index (χ0v) is 22.8. The summed E-state index contributed by atoms with van der Waals surface area (Å²) in [7, 11) is 1.27. The number of carbonyl (C=O) groups excluding carboxylic acids is 3. The van der Waals surface area contributed by atoms with Gasteiger partial charge in [0.25, 0.3) is 5.78 Å². The molecule has 1 aliphatic rings. The molecule has 0 spiro atoms. The zero-order chi connectivity index (χ0) is 27.6. The van der Waals surface area contributed by atoms with Gasteiger partial charge in [-0.05, 0) is 56.5 Å². The first kappa shape index (κ1) is 27.1. The van der Waals surface area contributed by atoms with Crippen molar-refractivity contribution in [3.05, 3.63) is 80.9 Å². The average molecular weight is 535 g/mol. The fraction of sp³-hybridized carbons (Fsp3) is 0.310. The maximum atomic E-state index is 13.4. The molecule has 0 radical (unpaired) electrons. The lowest BCUT2D eigenvalue weighted by Crippen LogP contribution is -2.29. The largest absolute Gasteiger partial charge is 0.507 e. The molecule has 1 amide bonds. The summed E-state index contributed by atoms with van der Waals surface area (Å²) in [5.41, 5.74) is 3.15. The predicted molar refractivity (Wildman–Crippen MR) is 146 cm³/mol. The van der Waals surface area contributed by atoms with Crippen LogP contribution in [0, 0.1) is 20.8 Å². The Morgan fingerprint density at radius 1 is 1.11 bits per heavy atom. The van der Waals surface area contributed by atoms with Crippen LogP contribution in [0.4, 0.5) is 5.13 Å². The van der Waals surface area contributed by atoms with E-state index in [2.05, 4.69) is 11.9 Å². The number of ketones is 1. The highest BCUT2D eigenvalue weighted by atomic mass is 32.1. The number of hydrogen-bond acceptors (Lipinski definition) is 8. The standard InChI is InChI=1S/C29H30N2O6S/c1-6-7-14-37-21-13-12-20(15-17(21)3)24(32)22-23(19-10-8-16(2)9-11-19)31(27(34)25(22)33)29-30-18(4)26(38-29)28(35)36-5/h8-13,15,23,32H,6-7,14H2,1-5H3/b24-22+. The van der Waals surface area contributed by atoms with Crippen molar-refractivity contribution in [2.45, 2.75) is 46.6 Å². The van der Waals surface area contributed by atoms with E-state index in [1.165, 1.54) is 12.0 Å². The number of aliphatic hydroxyl groups excluding tert-OH is 1. The minimum Gasteiger partial charge on any atom is -0.507 e. The molecule has 198 valence electrons. The van der Waals surface area contributed by atoms with Crippen molar-refractivity contribution in [1.29, 1.82) is 0 Å². The van der Waals surface area contributed by atoms with E-state index >= 15 is 0 Å². The molecule has 1 fully saturated rings. The highest BCUT2D eigenvalue weighted by molar-refractivity contribution is 7.17. The number of aliphatic hydroxyl groups is 1. The second kappa shape index (κ2) is 11.2. The number of nitrogens with zero attached hydrogens (tertiary/aromatic N) is 2. The Balaban J connectivity index is 1.84. The van der Waals surface area contributed by atoms with E-state index in [0.29, 0.717) is 29.2 Å². The summed E-state index contributed by atoms with van der Waals surface area (Å²) in [6.45, 7) is 8.10. The maximum Gasteiger partial charge on any atom is 0.350 e. The van der Waals surface area contributed by atoms with Gasteiger partial charge in [0.15, 0.2) is 5.13 Å². The number of ether oxygens (including phenoxy) is 2. The molecular formula is C29H30N2O6S. The Kier molecular flexibility index (Phi) is 7.97. The number of methoxy groups -OCH3 is 1. The van der Waals surface area contributed by atoms with Gasteiger partial charge in [0.05, 0.1) is 31.0 Å². The number of thiazole rings is 1. The lowest BCUT2D eigenvalue weighted by atomic mass is 9.94. The quantitative estimate of drug-likeness (QED) is 0.131. The van der Waals surface area contributed by atoms with Gasteiger partial charge in [-0.1, -0.05) is 54.5 Å².